The number of aliphatic hydroxyl groups is 1. The van der Waals surface area contributed by atoms with Gasteiger partial charge in [-0.25, -0.2) is 9.59 Å². The van der Waals surface area contributed by atoms with E-state index < -0.39 is 18.3 Å². The highest BCUT2D eigenvalue weighted by atomic mass is 16.6. The molecule has 0 radical (unpaired) electrons. The Balaban J connectivity index is 2.28. The predicted molar refractivity (Wildman–Crippen MR) is 72.4 cm³/mol. The first-order valence-corrected chi connectivity index (χ1v) is 6.53. The van der Waals surface area contributed by atoms with Crippen LogP contribution in [0.15, 0.2) is 16.5 Å². The van der Waals surface area contributed by atoms with Crippen molar-refractivity contribution < 1.29 is 28.6 Å². The number of hydrogen-bond donors (Lipinski definition) is 3. The molecule has 1 atom stereocenters. The maximum atomic E-state index is 11.3. The SMILES string of the molecule is CCC(O)COC(=O)NCc1ccc(CNC(=O)OC)o1. The minimum Gasteiger partial charge on any atom is -0.462 e. The Bertz CT molecular complexity index is 459. The van der Waals surface area contributed by atoms with Gasteiger partial charge in [0.25, 0.3) is 0 Å². The van der Waals surface area contributed by atoms with E-state index in [1.807, 2.05) is 0 Å². The van der Waals surface area contributed by atoms with Crippen LogP contribution in [0.25, 0.3) is 0 Å². The molecule has 118 valence electrons. The molecule has 3 N–H and O–H groups in total. The Hall–Kier alpha value is -2.22. The molecule has 0 aliphatic heterocycles. The number of carbonyl (C=O) groups excluding carboxylic acids is 2. The zero-order valence-corrected chi connectivity index (χ0v) is 12.0. The molecule has 0 saturated heterocycles. The van der Waals surface area contributed by atoms with Crippen LogP contribution in [-0.4, -0.2) is 37.1 Å². The number of carbonyl (C=O) groups is 2. The van der Waals surface area contributed by atoms with Crippen molar-refractivity contribution in [3.05, 3.63) is 23.7 Å². The summed E-state index contributed by atoms with van der Waals surface area (Å²) in [6.07, 6.45) is -1.32. The normalized spacial score (nSPS) is 11.6. The molecule has 1 rings (SSSR count). The number of amides is 2. The summed E-state index contributed by atoms with van der Waals surface area (Å²) >= 11 is 0. The molecule has 0 spiro atoms. The van der Waals surface area contributed by atoms with Crippen molar-refractivity contribution in [2.24, 2.45) is 0 Å². The largest absolute Gasteiger partial charge is 0.462 e. The van der Waals surface area contributed by atoms with Crippen molar-refractivity contribution in [1.29, 1.82) is 0 Å². The highest BCUT2D eigenvalue weighted by Gasteiger charge is 2.08. The van der Waals surface area contributed by atoms with Gasteiger partial charge in [-0.2, -0.15) is 0 Å². The molecule has 0 aliphatic carbocycles. The second-order valence-electron chi connectivity index (χ2n) is 4.23. The summed E-state index contributed by atoms with van der Waals surface area (Å²) in [6.45, 7) is 2.09. The van der Waals surface area contributed by atoms with Gasteiger partial charge < -0.3 is 29.6 Å². The van der Waals surface area contributed by atoms with Gasteiger partial charge in [-0.3, -0.25) is 0 Å². The highest BCUT2D eigenvalue weighted by molar-refractivity contribution is 5.67. The second-order valence-corrected chi connectivity index (χ2v) is 4.23. The van der Waals surface area contributed by atoms with E-state index in [2.05, 4.69) is 15.4 Å². The van der Waals surface area contributed by atoms with Crippen molar-refractivity contribution in [3.63, 3.8) is 0 Å². The van der Waals surface area contributed by atoms with Gasteiger partial charge in [0.15, 0.2) is 0 Å². The monoisotopic (exact) mass is 300 g/mol. The lowest BCUT2D eigenvalue weighted by molar-refractivity contribution is 0.0659. The lowest BCUT2D eigenvalue weighted by atomic mass is 10.3. The van der Waals surface area contributed by atoms with E-state index in [1.54, 1.807) is 19.1 Å². The van der Waals surface area contributed by atoms with Crippen molar-refractivity contribution in [2.75, 3.05) is 13.7 Å². The van der Waals surface area contributed by atoms with E-state index in [-0.39, 0.29) is 19.7 Å². The van der Waals surface area contributed by atoms with Gasteiger partial charge in [0.1, 0.15) is 18.1 Å². The summed E-state index contributed by atoms with van der Waals surface area (Å²) in [6, 6.07) is 3.36. The number of methoxy groups -OCH3 is 1. The van der Waals surface area contributed by atoms with E-state index >= 15 is 0 Å². The number of nitrogens with one attached hydrogen (secondary N) is 2. The first-order valence-electron chi connectivity index (χ1n) is 6.53. The molecule has 8 nitrogen and oxygen atoms in total. The van der Waals surface area contributed by atoms with Gasteiger partial charge >= 0.3 is 12.2 Å². The number of ether oxygens (including phenoxy) is 2. The van der Waals surface area contributed by atoms with Crippen LogP contribution in [-0.2, 0) is 22.6 Å². The molecule has 2 amide bonds. The first kappa shape index (κ1) is 16.8. The van der Waals surface area contributed by atoms with Crippen molar-refractivity contribution in [2.45, 2.75) is 32.5 Å². The lowest BCUT2D eigenvalue weighted by Crippen LogP contribution is -2.27. The number of aliphatic hydroxyl groups excluding tert-OH is 1. The lowest BCUT2D eigenvalue weighted by Gasteiger charge is -2.09. The van der Waals surface area contributed by atoms with Crippen LogP contribution in [0.5, 0.6) is 0 Å². The van der Waals surface area contributed by atoms with Gasteiger partial charge in [-0.15, -0.1) is 0 Å². The van der Waals surface area contributed by atoms with Gasteiger partial charge in [-0.05, 0) is 18.6 Å². The van der Waals surface area contributed by atoms with Crippen LogP contribution in [0.2, 0.25) is 0 Å². The average molecular weight is 300 g/mol. The minimum absolute atomic E-state index is 0.0468. The Morgan fingerprint density at radius 2 is 1.81 bits per heavy atom. The smallest absolute Gasteiger partial charge is 0.407 e. The quantitative estimate of drug-likeness (QED) is 0.696. The molecule has 0 bridgehead atoms. The standard InChI is InChI=1S/C13H20N2O6/c1-3-9(16)8-20-13(18)15-7-11-5-4-10(21-11)6-14-12(17)19-2/h4-5,9,16H,3,6-8H2,1-2H3,(H,14,17)(H,15,18). The fraction of sp³-hybridized carbons (Fsp3) is 0.538. The molecule has 8 heteroatoms. The first-order chi connectivity index (χ1) is 10.0. The Morgan fingerprint density at radius 1 is 1.24 bits per heavy atom. The summed E-state index contributed by atoms with van der Waals surface area (Å²) in [5, 5.41) is 14.2. The van der Waals surface area contributed by atoms with E-state index in [0.717, 1.165) is 0 Å². The van der Waals surface area contributed by atoms with Crippen LogP contribution in [0.3, 0.4) is 0 Å². The third-order valence-electron chi connectivity index (χ3n) is 2.59. The van der Waals surface area contributed by atoms with Gasteiger partial charge in [0, 0.05) is 0 Å². The maximum absolute atomic E-state index is 11.3. The third-order valence-corrected chi connectivity index (χ3v) is 2.59. The van der Waals surface area contributed by atoms with E-state index in [9.17, 15) is 14.7 Å². The zero-order valence-electron chi connectivity index (χ0n) is 12.0. The van der Waals surface area contributed by atoms with Crippen LogP contribution in [0.1, 0.15) is 24.9 Å². The molecule has 1 unspecified atom stereocenters. The minimum atomic E-state index is -0.657. The van der Waals surface area contributed by atoms with E-state index in [0.29, 0.717) is 17.9 Å². The molecule has 1 aromatic heterocycles. The van der Waals surface area contributed by atoms with E-state index in [4.69, 9.17) is 9.15 Å². The maximum Gasteiger partial charge on any atom is 0.407 e. The van der Waals surface area contributed by atoms with Crippen LogP contribution >= 0.6 is 0 Å². The van der Waals surface area contributed by atoms with Crippen molar-refractivity contribution in [1.82, 2.24) is 10.6 Å². The molecule has 0 saturated carbocycles. The molecule has 0 aliphatic rings. The molecule has 0 aromatic carbocycles. The second kappa shape index (κ2) is 8.85. The molecule has 1 aromatic rings. The van der Waals surface area contributed by atoms with Gasteiger partial charge in [0.2, 0.25) is 0 Å². The third kappa shape index (κ3) is 6.66. The fourth-order valence-corrected chi connectivity index (χ4v) is 1.34. The molecule has 21 heavy (non-hydrogen) atoms. The summed E-state index contributed by atoms with van der Waals surface area (Å²) in [4.78, 5) is 22.2. The Morgan fingerprint density at radius 3 is 2.33 bits per heavy atom. The number of furan rings is 1. The zero-order chi connectivity index (χ0) is 15.7. The van der Waals surface area contributed by atoms with Gasteiger partial charge in [0.05, 0.1) is 26.3 Å². The summed E-state index contributed by atoms with van der Waals surface area (Å²) in [5.74, 6) is 1.05. The van der Waals surface area contributed by atoms with Crippen LogP contribution in [0.4, 0.5) is 9.59 Å². The molecular formula is C13H20N2O6. The van der Waals surface area contributed by atoms with Crippen LogP contribution in [0, 0.1) is 0 Å². The number of alkyl carbamates (subject to hydrolysis) is 2. The number of rotatable bonds is 7. The highest BCUT2D eigenvalue weighted by Crippen LogP contribution is 2.07. The Kier molecular flexibility index (Phi) is 7.10. The van der Waals surface area contributed by atoms with Crippen LogP contribution < -0.4 is 10.6 Å². The fourth-order valence-electron chi connectivity index (χ4n) is 1.34. The summed E-state index contributed by atoms with van der Waals surface area (Å²) in [5.41, 5.74) is 0. The van der Waals surface area contributed by atoms with Gasteiger partial charge in [-0.1, -0.05) is 6.92 Å². The summed E-state index contributed by atoms with van der Waals surface area (Å²) in [7, 11) is 1.27. The van der Waals surface area contributed by atoms with Crippen molar-refractivity contribution >= 4 is 12.2 Å². The van der Waals surface area contributed by atoms with Crippen molar-refractivity contribution in [3.8, 4) is 0 Å². The van der Waals surface area contributed by atoms with E-state index in [1.165, 1.54) is 7.11 Å². The molecule has 0 fully saturated rings. The summed E-state index contributed by atoms with van der Waals surface area (Å²) < 4.78 is 14.6. The number of hydrogen-bond acceptors (Lipinski definition) is 6. The molecular weight excluding hydrogens is 280 g/mol. The predicted octanol–water partition coefficient (Wildman–Crippen LogP) is 1.13. The molecule has 1 heterocycles. The topological polar surface area (TPSA) is 110 Å². The Labute approximate surface area is 122 Å². The average Bonchev–Trinajstić information content (AvgIpc) is 2.95.